The van der Waals surface area contributed by atoms with E-state index in [1.165, 1.54) is 32.4 Å². The molecule has 0 amide bonds. The number of thiocarbonyl (C=S) groups is 1. The average Bonchev–Trinajstić information content (AvgIpc) is 2.79. The first-order valence-electron chi connectivity index (χ1n) is 9.15. The molecule has 0 aliphatic heterocycles. The molecular formula is C20H21N5O5S2. The highest BCUT2D eigenvalue weighted by atomic mass is 32.2. The van der Waals surface area contributed by atoms with Crippen molar-refractivity contribution in [3.63, 3.8) is 0 Å². The molecule has 0 aliphatic carbocycles. The third kappa shape index (κ3) is 5.95. The van der Waals surface area contributed by atoms with Crippen LogP contribution in [-0.4, -0.2) is 44.8 Å². The summed E-state index contributed by atoms with van der Waals surface area (Å²) in [6.07, 6.45) is 0. The second kappa shape index (κ2) is 10.1. The van der Waals surface area contributed by atoms with Crippen LogP contribution in [0.1, 0.15) is 0 Å². The number of hydrogen-bond acceptors (Lipinski definition) is 8. The van der Waals surface area contributed by atoms with Gasteiger partial charge in [0.15, 0.2) is 10.9 Å². The molecule has 1 aromatic heterocycles. The predicted molar refractivity (Wildman–Crippen MR) is 125 cm³/mol. The van der Waals surface area contributed by atoms with Crippen LogP contribution >= 0.6 is 12.2 Å². The minimum Gasteiger partial charge on any atom is -0.497 e. The van der Waals surface area contributed by atoms with Crippen molar-refractivity contribution in [3.05, 3.63) is 54.6 Å². The smallest absolute Gasteiger partial charge is 0.321 e. The second-order valence-electron chi connectivity index (χ2n) is 6.22. The number of nitrogens with one attached hydrogen (secondary N) is 3. The summed E-state index contributed by atoms with van der Waals surface area (Å²) in [5.74, 6) is 0.909. The number of sulfonamides is 1. The van der Waals surface area contributed by atoms with Gasteiger partial charge in [-0.1, -0.05) is 0 Å². The van der Waals surface area contributed by atoms with Crippen molar-refractivity contribution in [2.45, 2.75) is 4.90 Å². The minimum absolute atomic E-state index is 0.0146. The van der Waals surface area contributed by atoms with E-state index in [2.05, 4.69) is 25.3 Å². The van der Waals surface area contributed by atoms with Gasteiger partial charge in [-0.15, -0.1) is 0 Å². The largest absolute Gasteiger partial charge is 0.497 e. The summed E-state index contributed by atoms with van der Waals surface area (Å²) in [6, 6.07) is 14.7. The van der Waals surface area contributed by atoms with E-state index in [4.69, 9.17) is 26.4 Å². The molecule has 0 spiro atoms. The Hall–Kier alpha value is -3.64. The highest BCUT2D eigenvalue weighted by molar-refractivity contribution is 7.92. The Morgan fingerprint density at radius 1 is 0.844 bits per heavy atom. The molecule has 3 rings (SSSR count). The standard InChI is InChI=1S/C20H21N5O5S2/c1-28-15-8-4-13(5-9-15)21-20(31)22-14-6-10-16(11-7-14)32(26,27)25-17-12-18(29-2)24-19(23-17)30-3/h4-12H,1-3H3,(H2,21,22,31)(H,23,24,25). The van der Waals surface area contributed by atoms with Crippen LogP contribution in [-0.2, 0) is 10.0 Å². The van der Waals surface area contributed by atoms with Crippen LogP contribution in [0.5, 0.6) is 17.6 Å². The van der Waals surface area contributed by atoms with Crippen LogP contribution < -0.4 is 29.6 Å². The van der Waals surface area contributed by atoms with Crippen molar-refractivity contribution in [1.82, 2.24) is 9.97 Å². The Kier molecular flexibility index (Phi) is 7.28. The summed E-state index contributed by atoms with van der Waals surface area (Å²) in [7, 11) is 0.460. The lowest BCUT2D eigenvalue weighted by atomic mass is 10.3. The Morgan fingerprint density at radius 3 is 1.97 bits per heavy atom. The molecule has 3 N–H and O–H groups in total. The fourth-order valence-electron chi connectivity index (χ4n) is 2.53. The second-order valence-corrected chi connectivity index (χ2v) is 8.31. The quantitative estimate of drug-likeness (QED) is 0.419. The van der Waals surface area contributed by atoms with Gasteiger partial charge >= 0.3 is 6.01 Å². The monoisotopic (exact) mass is 475 g/mol. The summed E-state index contributed by atoms with van der Waals surface area (Å²) < 4.78 is 42.9. The molecule has 0 bridgehead atoms. The van der Waals surface area contributed by atoms with Crippen LogP contribution in [0.15, 0.2) is 59.5 Å². The summed E-state index contributed by atoms with van der Waals surface area (Å²) in [6.45, 7) is 0. The molecule has 0 saturated carbocycles. The first-order chi connectivity index (χ1) is 15.3. The lowest BCUT2D eigenvalue weighted by Crippen LogP contribution is -2.19. The van der Waals surface area contributed by atoms with Crippen LogP contribution in [0.2, 0.25) is 0 Å². The molecule has 0 radical (unpaired) electrons. The molecule has 10 nitrogen and oxygen atoms in total. The van der Waals surface area contributed by atoms with E-state index in [0.29, 0.717) is 10.8 Å². The van der Waals surface area contributed by atoms with E-state index < -0.39 is 10.0 Å². The van der Waals surface area contributed by atoms with Gasteiger partial charge in [0.25, 0.3) is 10.0 Å². The molecule has 168 valence electrons. The molecule has 0 atom stereocenters. The number of benzene rings is 2. The fourth-order valence-corrected chi connectivity index (χ4v) is 3.76. The normalized spacial score (nSPS) is 10.7. The highest BCUT2D eigenvalue weighted by Gasteiger charge is 2.17. The van der Waals surface area contributed by atoms with Gasteiger partial charge in [-0.3, -0.25) is 4.72 Å². The lowest BCUT2D eigenvalue weighted by Gasteiger charge is -2.12. The number of anilines is 3. The van der Waals surface area contributed by atoms with E-state index >= 15 is 0 Å². The summed E-state index contributed by atoms with van der Waals surface area (Å²) in [5.41, 5.74) is 1.39. The van der Waals surface area contributed by atoms with E-state index in [1.54, 1.807) is 31.4 Å². The van der Waals surface area contributed by atoms with Gasteiger partial charge in [0.05, 0.1) is 26.2 Å². The Bertz CT molecular complexity index is 1160. The van der Waals surface area contributed by atoms with E-state index in [1.807, 2.05) is 12.1 Å². The average molecular weight is 476 g/mol. The highest BCUT2D eigenvalue weighted by Crippen LogP contribution is 2.22. The zero-order valence-corrected chi connectivity index (χ0v) is 19.1. The van der Waals surface area contributed by atoms with Gasteiger partial charge in [0.2, 0.25) is 5.88 Å². The summed E-state index contributed by atoms with van der Waals surface area (Å²) in [5, 5.41) is 6.39. The maximum absolute atomic E-state index is 12.7. The SMILES string of the molecule is COc1ccc(NC(=S)Nc2ccc(S(=O)(=O)Nc3cc(OC)nc(OC)n3)cc2)cc1. The molecule has 0 fully saturated rings. The maximum atomic E-state index is 12.7. The van der Waals surface area contributed by atoms with Gasteiger partial charge in [-0.25, -0.2) is 8.42 Å². The van der Waals surface area contributed by atoms with Crippen LogP contribution in [0.3, 0.4) is 0 Å². The van der Waals surface area contributed by atoms with Gasteiger partial charge in [0.1, 0.15) is 5.75 Å². The third-order valence-electron chi connectivity index (χ3n) is 4.08. The number of hydrogen-bond donors (Lipinski definition) is 3. The first-order valence-corrected chi connectivity index (χ1v) is 11.0. The number of nitrogens with zero attached hydrogens (tertiary/aromatic N) is 2. The van der Waals surface area contributed by atoms with Crippen LogP contribution in [0.4, 0.5) is 17.2 Å². The van der Waals surface area contributed by atoms with E-state index in [9.17, 15) is 8.42 Å². The zero-order valence-electron chi connectivity index (χ0n) is 17.4. The maximum Gasteiger partial charge on any atom is 0.321 e. The van der Waals surface area contributed by atoms with Crippen molar-refractivity contribution in [3.8, 4) is 17.6 Å². The predicted octanol–water partition coefficient (Wildman–Crippen LogP) is 3.11. The van der Waals surface area contributed by atoms with Gasteiger partial charge in [-0.2, -0.15) is 9.97 Å². The fraction of sp³-hybridized carbons (Fsp3) is 0.150. The molecular weight excluding hydrogens is 454 g/mol. The number of methoxy groups -OCH3 is 3. The number of rotatable bonds is 8. The first kappa shape index (κ1) is 23.0. The Morgan fingerprint density at radius 2 is 1.44 bits per heavy atom. The topological polar surface area (TPSA) is 124 Å². The summed E-state index contributed by atoms with van der Waals surface area (Å²) >= 11 is 5.30. The van der Waals surface area contributed by atoms with Crippen molar-refractivity contribution < 1.29 is 22.6 Å². The Balaban J connectivity index is 1.66. The van der Waals surface area contributed by atoms with Gasteiger partial charge in [0, 0.05) is 17.4 Å². The molecule has 32 heavy (non-hydrogen) atoms. The molecule has 0 saturated heterocycles. The summed E-state index contributed by atoms with van der Waals surface area (Å²) in [4.78, 5) is 7.93. The van der Waals surface area contributed by atoms with Crippen LogP contribution in [0, 0.1) is 0 Å². The van der Waals surface area contributed by atoms with Crippen molar-refractivity contribution >= 4 is 44.5 Å². The van der Waals surface area contributed by atoms with Crippen LogP contribution in [0.25, 0.3) is 0 Å². The van der Waals surface area contributed by atoms with Crippen molar-refractivity contribution in [2.24, 2.45) is 0 Å². The molecule has 2 aromatic carbocycles. The Labute approximate surface area is 191 Å². The van der Waals surface area contributed by atoms with Gasteiger partial charge in [-0.05, 0) is 60.7 Å². The van der Waals surface area contributed by atoms with Crippen molar-refractivity contribution in [2.75, 3.05) is 36.7 Å². The van der Waals surface area contributed by atoms with Gasteiger partial charge < -0.3 is 24.8 Å². The van der Waals surface area contributed by atoms with E-state index in [0.717, 1.165) is 11.4 Å². The molecule has 3 aromatic rings. The van der Waals surface area contributed by atoms with E-state index in [-0.39, 0.29) is 22.6 Å². The molecule has 1 heterocycles. The zero-order chi connectivity index (χ0) is 23.1. The number of ether oxygens (including phenoxy) is 3. The molecule has 0 aliphatic rings. The molecule has 0 unspecified atom stereocenters. The van der Waals surface area contributed by atoms with Crippen molar-refractivity contribution in [1.29, 1.82) is 0 Å². The third-order valence-corrected chi connectivity index (χ3v) is 5.66. The minimum atomic E-state index is -3.90. The lowest BCUT2D eigenvalue weighted by molar-refractivity contribution is 0.353. The number of aromatic nitrogens is 2. The molecule has 12 heteroatoms.